The van der Waals surface area contributed by atoms with Gasteiger partial charge >= 0.3 is 0 Å². The Kier molecular flexibility index (Phi) is 9.48. The first-order valence-corrected chi connectivity index (χ1v) is 15.4. The molecule has 41 heavy (non-hydrogen) atoms. The van der Waals surface area contributed by atoms with Crippen LogP contribution in [0.3, 0.4) is 0 Å². The number of hydrogen-bond donors (Lipinski definition) is 1. The van der Waals surface area contributed by atoms with E-state index in [0.29, 0.717) is 16.8 Å². The van der Waals surface area contributed by atoms with Gasteiger partial charge in [0.1, 0.15) is 18.4 Å². The number of benzene rings is 3. The molecule has 1 saturated carbocycles. The maximum atomic E-state index is 14.1. The third-order valence-electron chi connectivity index (χ3n) is 7.64. The van der Waals surface area contributed by atoms with Crippen LogP contribution in [0.2, 0.25) is 0 Å². The average molecular weight is 580 g/mol. The molecule has 218 valence electrons. The summed E-state index contributed by atoms with van der Waals surface area (Å²) < 4.78 is 42.7. The van der Waals surface area contributed by atoms with Gasteiger partial charge in [0, 0.05) is 12.6 Å². The van der Waals surface area contributed by atoms with Gasteiger partial charge in [-0.2, -0.15) is 0 Å². The minimum atomic E-state index is -4.14. The summed E-state index contributed by atoms with van der Waals surface area (Å²) in [5.74, 6) is -1.25. The summed E-state index contributed by atoms with van der Waals surface area (Å²) in [7, 11) is -4.14. The lowest BCUT2D eigenvalue weighted by Gasteiger charge is -2.33. The van der Waals surface area contributed by atoms with Crippen molar-refractivity contribution in [2.45, 2.75) is 76.9 Å². The van der Waals surface area contributed by atoms with Crippen LogP contribution in [0.5, 0.6) is 0 Å². The van der Waals surface area contributed by atoms with E-state index in [1.807, 2.05) is 19.9 Å². The Bertz CT molecular complexity index is 1480. The first-order chi connectivity index (χ1) is 19.5. The van der Waals surface area contributed by atoms with Gasteiger partial charge in [-0.3, -0.25) is 13.9 Å². The Labute approximate surface area is 242 Å². The maximum absolute atomic E-state index is 14.1. The Morgan fingerprint density at radius 3 is 2.15 bits per heavy atom. The van der Waals surface area contributed by atoms with Crippen LogP contribution in [0, 0.1) is 26.6 Å². The highest BCUT2D eigenvalue weighted by Crippen LogP contribution is 2.28. The summed E-state index contributed by atoms with van der Waals surface area (Å²) in [5, 5.41) is 3.05. The molecule has 1 N–H and O–H groups in total. The molecule has 0 aromatic heterocycles. The second-order valence-electron chi connectivity index (χ2n) is 10.9. The molecule has 9 heteroatoms. The zero-order valence-corrected chi connectivity index (χ0v) is 24.9. The fourth-order valence-electron chi connectivity index (χ4n) is 5.20. The van der Waals surface area contributed by atoms with Crippen molar-refractivity contribution in [3.63, 3.8) is 0 Å². The van der Waals surface area contributed by atoms with Crippen LogP contribution in [0.1, 0.15) is 54.9 Å². The van der Waals surface area contributed by atoms with E-state index in [1.165, 1.54) is 29.2 Å². The highest BCUT2D eigenvalue weighted by atomic mass is 32.2. The Morgan fingerprint density at radius 2 is 1.54 bits per heavy atom. The first-order valence-electron chi connectivity index (χ1n) is 14.0. The molecule has 0 heterocycles. The molecule has 7 nitrogen and oxygen atoms in total. The van der Waals surface area contributed by atoms with Crippen LogP contribution in [0.25, 0.3) is 0 Å². The Morgan fingerprint density at radius 1 is 0.927 bits per heavy atom. The minimum absolute atomic E-state index is 0.0175. The van der Waals surface area contributed by atoms with Gasteiger partial charge in [0.05, 0.1) is 10.6 Å². The molecule has 0 bridgehead atoms. The lowest BCUT2D eigenvalue weighted by atomic mass is 10.1. The molecule has 0 aliphatic heterocycles. The molecule has 1 aliphatic rings. The fourth-order valence-corrected chi connectivity index (χ4v) is 6.68. The van der Waals surface area contributed by atoms with Crippen LogP contribution in [0.15, 0.2) is 71.6 Å². The van der Waals surface area contributed by atoms with E-state index >= 15 is 0 Å². The Balaban J connectivity index is 1.70. The highest BCUT2D eigenvalue weighted by molar-refractivity contribution is 7.92. The van der Waals surface area contributed by atoms with Crippen LogP contribution >= 0.6 is 0 Å². The zero-order chi connectivity index (χ0) is 29.7. The number of carbonyl (C=O) groups excluding carboxylic acids is 2. The zero-order valence-electron chi connectivity index (χ0n) is 24.1. The van der Waals surface area contributed by atoms with Crippen molar-refractivity contribution in [1.82, 2.24) is 10.2 Å². The molecule has 2 amide bonds. The summed E-state index contributed by atoms with van der Waals surface area (Å²) in [5.41, 5.74) is 3.57. The summed E-state index contributed by atoms with van der Waals surface area (Å²) in [6.07, 6.45) is 3.86. The van der Waals surface area contributed by atoms with E-state index in [1.54, 1.807) is 50.2 Å². The summed E-state index contributed by atoms with van der Waals surface area (Å²) in [6, 6.07) is 16.7. The van der Waals surface area contributed by atoms with E-state index in [-0.39, 0.29) is 23.4 Å². The molecule has 0 saturated heterocycles. The summed E-state index contributed by atoms with van der Waals surface area (Å²) in [4.78, 5) is 28.8. The third-order valence-corrected chi connectivity index (χ3v) is 9.42. The molecule has 0 radical (unpaired) electrons. The fraction of sp³-hybridized carbons (Fsp3) is 0.375. The van der Waals surface area contributed by atoms with Gasteiger partial charge < -0.3 is 10.2 Å². The highest BCUT2D eigenvalue weighted by Gasteiger charge is 2.34. The van der Waals surface area contributed by atoms with Crippen LogP contribution < -0.4 is 9.62 Å². The number of rotatable bonds is 10. The van der Waals surface area contributed by atoms with Gasteiger partial charge in [-0.15, -0.1) is 0 Å². The quantitative estimate of drug-likeness (QED) is 0.348. The molecule has 3 aromatic rings. The molecule has 4 rings (SSSR count). The summed E-state index contributed by atoms with van der Waals surface area (Å²) in [6.45, 7) is 6.73. The average Bonchev–Trinajstić information content (AvgIpc) is 3.44. The standard InChI is InChI=1S/C32H38FN3O4S/c1-22-9-16-29(17-10-22)41(39,40)36(30-18-11-23(2)19-24(30)3)21-31(37)35(20-26-12-14-27(33)15-13-26)25(4)32(38)34-28-7-5-6-8-28/h9-19,25,28H,5-8,20-21H2,1-4H3,(H,34,38). The number of amides is 2. The van der Waals surface area contributed by atoms with E-state index in [9.17, 15) is 22.4 Å². The molecule has 1 atom stereocenters. The van der Waals surface area contributed by atoms with E-state index in [2.05, 4.69) is 5.32 Å². The van der Waals surface area contributed by atoms with Gasteiger partial charge in [0.15, 0.2) is 0 Å². The van der Waals surface area contributed by atoms with Crippen LogP contribution in [-0.2, 0) is 26.2 Å². The van der Waals surface area contributed by atoms with Gasteiger partial charge in [0.25, 0.3) is 10.0 Å². The molecule has 3 aromatic carbocycles. The number of sulfonamides is 1. The number of nitrogens with zero attached hydrogens (tertiary/aromatic N) is 2. The number of carbonyl (C=O) groups is 2. The second-order valence-corrected chi connectivity index (χ2v) is 12.8. The third kappa shape index (κ3) is 7.33. The maximum Gasteiger partial charge on any atom is 0.264 e. The lowest BCUT2D eigenvalue weighted by molar-refractivity contribution is -0.139. The smallest absolute Gasteiger partial charge is 0.264 e. The second kappa shape index (κ2) is 12.9. The molecule has 1 fully saturated rings. The van der Waals surface area contributed by atoms with E-state index < -0.39 is 34.3 Å². The van der Waals surface area contributed by atoms with Crippen LogP contribution in [0.4, 0.5) is 10.1 Å². The van der Waals surface area contributed by atoms with E-state index in [0.717, 1.165) is 41.1 Å². The predicted octanol–water partition coefficient (Wildman–Crippen LogP) is 5.42. The topological polar surface area (TPSA) is 86.8 Å². The van der Waals surface area contributed by atoms with Crippen molar-refractivity contribution in [1.29, 1.82) is 0 Å². The summed E-state index contributed by atoms with van der Waals surface area (Å²) >= 11 is 0. The van der Waals surface area contributed by atoms with Crippen molar-refractivity contribution >= 4 is 27.5 Å². The van der Waals surface area contributed by atoms with Gasteiger partial charge in [-0.1, -0.05) is 60.4 Å². The minimum Gasteiger partial charge on any atom is -0.352 e. The molecule has 1 aliphatic carbocycles. The van der Waals surface area contributed by atoms with Crippen molar-refractivity contribution < 1.29 is 22.4 Å². The molecule has 1 unspecified atom stereocenters. The molecule has 0 spiro atoms. The SMILES string of the molecule is Cc1ccc(S(=O)(=O)N(CC(=O)N(Cc2ccc(F)cc2)C(C)C(=O)NC2CCCC2)c2ccc(C)cc2C)cc1. The van der Waals surface area contributed by atoms with Crippen molar-refractivity contribution in [2.75, 3.05) is 10.8 Å². The van der Waals surface area contributed by atoms with E-state index in [4.69, 9.17) is 0 Å². The largest absolute Gasteiger partial charge is 0.352 e. The Hall–Kier alpha value is -3.72. The van der Waals surface area contributed by atoms with Gasteiger partial charge in [-0.05, 0) is 82.0 Å². The lowest BCUT2D eigenvalue weighted by Crippen LogP contribution is -2.52. The number of nitrogens with one attached hydrogen (secondary N) is 1. The number of anilines is 1. The van der Waals surface area contributed by atoms with Crippen molar-refractivity contribution in [3.05, 3.63) is 94.8 Å². The number of aryl methyl sites for hydroxylation is 3. The van der Waals surface area contributed by atoms with Gasteiger partial charge in [-0.25, -0.2) is 12.8 Å². The van der Waals surface area contributed by atoms with Crippen LogP contribution in [-0.4, -0.2) is 43.8 Å². The monoisotopic (exact) mass is 579 g/mol. The number of halogens is 1. The first kappa shape index (κ1) is 30.2. The number of hydrogen-bond acceptors (Lipinski definition) is 4. The molecular formula is C32H38FN3O4S. The normalized spacial score (nSPS) is 14.5. The van der Waals surface area contributed by atoms with Crippen molar-refractivity contribution in [3.8, 4) is 0 Å². The predicted molar refractivity (Wildman–Crippen MR) is 158 cm³/mol. The van der Waals surface area contributed by atoms with Crippen molar-refractivity contribution in [2.24, 2.45) is 0 Å². The van der Waals surface area contributed by atoms with Gasteiger partial charge in [0.2, 0.25) is 11.8 Å². The molecular weight excluding hydrogens is 541 g/mol.